The lowest BCUT2D eigenvalue weighted by Gasteiger charge is -2.13. The molecule has 0 saturated heterocycles. The predicted molar refractivity (Wildman–Crippen MR) is 114 cm³/mol. The Hall–Kier alpha value is -2.41. The molecule has 1 aromatic heterocycles. The van der Waals surface area contributed by atoms with Crippen molar-refractivity contribution in [3.05, 3.63) is 66.2 Å². The number of rotatable bonds is 7. The summed E-state index contributed by atoms with van der Waals surface area (Å²) in [5.41, 5.74) is 3.76. The van der Waals surface area contributed by atoms with Crippen molar-refractivity contribution >= 4 is 32.6 Å². The zero-order valence-electron chi connectivity index (χ0n) is 15.7. The molecule has 132 valence electrons. The van der Waals surface area contributed by atoms with E-state index < -0.39 is 0 Å². The van der Waals surface area contributed by atoms with Gasteiger partial charge in [-0.05, 0) is 29.9 Å². The molecule has 0 atom stereocenters. The number of fused-ring (bicyclic) bond motifs is 4. The number of para-hydroxylation sites is 1. The molecule has 0 fully saturated rings. The van der Waals surface area contributed by atoms with Crippen LogP contribution in [0.5, 0.6) is 0 Å². The van der Waals surface area contributed by atoms with Crippen molar-refractivity contribution in [3.63, 3.8) is 0 Å². The quantitative estimate of drug-likeness (QED) is 0.193. The predicted octanol–water partition coefficient (Wildman–Crippen LogP) is 7.44. The molecule has 0 aliphatic rings. The molecule has 0 aliphatic carbocycles. The second kappa shape index (κ2) is 7.86. The smallest absolute Gasteiger partial charge is 0.0790 e. The van der Waals surface area contributed by atoms with E-state index in [0.29, 0.717) is 0 Å². The fraction of sp³-hybridized carbons (Fsp3) is 0.320. The normalized spacial score (nSPS) is 11.6. The topological polar surface area (TPSA) is 12.9 Å². The summed E-state index contributed by atoms with van der Waals surface area (Å²) in [6.07, 6.45) is 9.14. The molecule has 1 heteroatoms. The summed E-state index contributed by atoms with van der Waals surface area (Å²) in [6.45, 7) is 2.28. The molecular formula is C25H27N. The van der Waals surface area contributed by atoms with Crippen LogP contribution in [-0.2, 0) is 6.42 Å². The molecule has 0 saturated carbocycles. The third-order valence-electron chi connectivity index (χ3n) is 5.47. The van der Waals surface area contributed by atoms with E-state index in [1.807, 2.05) is 0 Å². The second-order valence-corrected chi connectivity index (χ2v) is 7.31. The van der Waals surface area contributed by atoms with Crippen molar-refractivity contribution in [2.24, 2.45) is 0 Å². The summed E-state index contributed by atoms with van der Waals surface area (Å²) in [4.78, 5) is 5.04. The van der Waals surface area contributed by atoms with Crippen molar-refractivity contribution in [3.8, 4) is 0 Å². The van der Waals surface area contributed by atoms with Gasteiger partial charge in [-0.15, -0.1) is 0 Å². The Morgan fingerprint density at radius 3 is 2.27 bits per heavy atom. The Balaban J connectivity index is 1.76. The molecule has 0 radical (unpaired) electrons. The van der Waals surface area contributed by atoms with Crippen LogP contribution in [0.25, 0.3) is 32.6 Å². The van der Waals surface area contributed by atoms with E-state index in [4.69, 9.17) is 4.98 Å². The number of pyridine rings is 1. The van der Waals surface area contributed by atoms with Crippen LogP contribution in [0.4, 0.5) is 0 Å². The first-order valence-electron chi connectivity index (χ1n) is 10.1. The van der Waals surface area contributed by atoms with Gasteiger partial charge in [-0.25, -0.2) is 4.98 Å². The maximum atomic E-state index is 5.04. The molecule has 4 rings (SSSR count). The van der Waals surface area contributed by atoms with E-state index in [-0.39, 0.29) is 0 Å². The molecule has 0 bridgehead atoms. The maximum Gasteiger partial charge on any atom is 0.0790 e. The molecule has 26 heavy (non-hydrogen) atoms. The zero-order valence-corrected chi connectivity index (χ0v) is 15.7. The van der Waals surface area contributed by atoms with Crippen molar-refractivity contribution in [1.82, 2.24) is 4.98 Å². The Morgan fingerprint density at radius 2 is 1.38 bits per heavy atom. The highest BCUT2D eigenvalue weighted by Gasteiger charge is 2.11. The Labute approximate surface area is 156 Å². The number of unbranched alkanes of at least 4 members (excludes halogenated alkanes) is 5. The highest BCUT2D eigenvalue weighted by Crippen LogP contribution is 2.32. The van der Waals surface area contributed by atoms with Gasteiger partial charge in [0.25, 0.3) is 0 Å². The lowest BCUT2D eigenvalue weighted by atomic mass is 9.95. The van der Waals surface area contributed by atoms with Gasteiger partial charge in [0.05, 0.1) is 11.0 Å². The van der Waals surface area contributed by atoms with Crippen LogP contribution < -0.4 is 0 Å². The summed E-state index contributed by atoms with van der Waals surface area (Å²) >= 11 is 0. The van der Waals surface area contributed by atoms with Crippen LogP contribution in [0.15, 0.2) is 60.7 Å². The van der Waals surface area contributed by atoms with Gasteiger partial charge in [0.15, 0.2) is 0 Å². The van der Waals surface area contributed by atoms with Gasteiger partial charge in [0, 0.05) is 16.2 Å². The summed E-state index contributed by atoms with van der Waals surface area (Å²) in [6, 6.07) is 21.8. The van der Waals surface area contributed by atoms with Crippen LogP contribution >= 0.6 is 0 Å². The molecule has 3 aromatic carbocycles. The number of benzene rings is 3. The van der Waals surface area contributed by atoms with Gasteiger partial charge < -0.3 is 0 Å². The molecule has 4 aromatic rings. The summed E-state index contributed by atoms with van der Waals surface area (Å²) in [7, 11) is 0. The summed E-state index contributed by atoms with van der Waals surface area (Å²) in [5.74, 6) is 0. The second-order valence-electron chi connectivity index (χ2n) is 7.31. The first-order chi connectivity index (χ1) is 12.9. The number of nitrogens with zero attached hydrogens (tertiary/aromatic N) is 1. The van der Waals surface area contributed by atoms with Gasteiger partial charge in [-0.1, -0.05) is 93.6 Å². The van der Waals surface area contributed by atoms with E-state index in [1.54, 1.807) is 0 Å². The largest absolute Gasteiger partial charge is 0.247 e. The monoisotopic (exact) mass is 341 g/mol. The Morgan fingerprint density at radius 1 is 0.654 bits per heavy atom. The molecule has 0 aliphatic heterocycles. The first kappa shape index (κ1) is 17.0. The summed E-state index contributed by atoms with van der Waals surface area (Å²) < 4.78 is 0. The highest BCUT2D eigenvalue weighted by molar-refractivity contribution is 6.10. The fourth-order valence-electron chi connectivity index (χ4n) is 4.06. The van der Waals surface area contributed by atoms with Crippen LogP contribution in [0.1, 0.15) is 51.0 Å². The molecule has 0 unspecified atom stereocenters. The highest BCUT2D eigenvalue weighted by atomic mass is 14.7. The fourth-order valence-corrected chi connectivity index (χ4v) is 4.06. The van der Waals surface area contributed by atoms with E-state index in [0.717, 1.165) is 17.5 Å². The molecule has 1 heterocycles. The molecule has 0 amide bonds. The molecule has 1 nitrogen and oxygen atoms in total. The van der Waals surface area contributed by atoms with Gasteiger partial charge in [-0.2, -0.15) is 0 Å². The van der Waals surface area contributed by atoms with Crippen molar-refractivity contribution in [2.75, 3.05) is 0 Å². The van der Waals surface area contributed by atoms with Crippen LogP contribution in [0, 0.1) is 0 Å². The van der Waals surface area contributed by atoms with E-state index >= 15 is 0 Å². The number of aromatic nitrogens is 1. The lowest BCUT2D eigenvalue weighted by molar-refractivity contribution is 0.609. The maximum absolute atomic E-state index is 5.04. The molecule has 0 spiro atoms. The van der Waals surface area contributed by atoms with E-state index in [1.165, 1.54) is 65.6 Å². The first-order valence-corrected chi connectivity index (χ1v) is 10.1. The van der Waals surface area contributed by atoms with Gasteiger partial charge in [-0.3, -0.25) is 0 Å². The van der Waals surface area contributed by atoms with Crippen LogP contribution in [0.2, 0.25) is 0 Å². The minimum Gasteiger partial charge on any atom is -0.247 e. The number of aryl methyl sites for hydroxylation is 1. The van der Waals surface area contributed by atoms with Gasteiger partial charge >= 0.3 is 0 Å². The number of hydrogen-bond acceptors (Lipinski definition) is 1. The van der Waals surface area contributed by atoms with Crippen molar-refractivity contribution in [1.29, 1.82) is 0 Å². The lowest BCUT2D eigenvalue weighted by Crippen LogP contribution is -1.94. The van der Waals surface area contributed by atoms with Gasteiger partial charge in [0.1, 0.15) is 0 Å². The van der Waals surface area contributed by atoms with Crippen molar-refractivity contribution in [2.45, 2.75) is 51.9 Å². The standard InChI is InChI=1S/C25H27N/c1-2-3-4-5-6-7-14-21-22-15-10-11-16-24(22)26-25-20-13-9-8-12-19(20)17-18-23(21)25/h8-13,15-18H,2-7,14H2,1H3. The minimum atomic E-state index is 1.12. The summed E-state index contributed by atoms with van der Waals surface area (Å²) in [5, 5.41) is 5.19. The average molecular weight is 341 g/mol. The third kappa shape index (κ3) is 3.31. The third-order valence-corrected chi connectivity index (χ3v) is 5.47. The van der Waals surface area contributed by atoms with Gasteiger partial charge in [0.2, 0.25) is 0 Å². The van der Waals surface area contributed by atoms with E-state index in [2.05, 4.69) is 67.6 Å². The number of hydrogen-bond donors (Lipinski definition) is 0. The van der Waals surface area contributed by atoms with Crippen LogP contribution in [-0.4, -0.2) is 4.98 Å². The van der Waals surface area contributed by atoms with E-state index in [9.17, 15) is 0 Å². The zero-order chi connectivity index (χ0) is 17.8. The van der Waals surface area contributed by atoms with Crippen LogP contribution in [0.3, 0.4) is 0 Å². The SMILES string of the molecule is CCCCCCCCc1c2ccccc2nc2c1ccc1ccccc12. The minimum absolute atomic E-state index is 1.12. The molecule has 0 N–H and O–H groups in total. The Kier molecular flexibility index (Phi) is 5.15. The van der Waals surface area contributed by atoms with Crippen molar-refractivity contribution < 1.29 is 0 Å². The Bertz CT molecular complexity index is 1030. The average Bonchev–Trinajstić information content (AvgIpc) is 2.69. The molecular weight excluding hydrogens is 314 g/mol.